The summed E-state index contributed by atoms with van der Waals surface area (Å²) in [6, 6.07) is 4.26. The van der Waals surface area contributed by atoms with Crippen molar-refractivity contribution in [2.45, 2.75) is 13.5 Å². The van der Waals surface area contributed by atoms with Gasteiger partial charge in [-0.25, -0.2) is 9.78 Å². The number of thiazole rings is 1. The van der Waals surface area contributed by atoms with Crippen LogP contribution in [0.3, 0.4) is 0 Å². The highest BCUT2D eigenvalue weighted by atomic mass is 32.1. The molecule has 0 aliphatic carbocycles. The number of nitro benzene ring substituents is 1. The lowest BCUT2D eigenvalue weighted by Gasteiger charge is -2.07. The maximum Gasteiger partial charge on any atom is 0.344 e. The van der Waals surface area contributed by atoms with Crippen LogP contribution in [0.5, 0.6) is 0 Å². The zero-order valence-corrected chi connectivity index (χ0v) is 12.3. The molecule has 0 fully saturated rings. The molecule has 7 nitrogen and oxygen atoms in total. The number of nitrogens with zero attached hydrogens (tertiary/aromatic N) is 2. The molecule has 0 bridgehead atoms. The fourth-order valence-corrected chi connectivity index (χ4v) is 2.47. The second-order valence-electron chi connectivity index (χ2n) is 4.20. The molecule has 2 rings (SSSR count). The van der Waals surface area contributed by atoms with E-state index in [4.69, 9.17) is 0 Å². The van der Waals surface area contributed by atoms with Crippen LogP contribution in [-0.4, -0.2) is 23.0 Å². The lowest BCUT2D eigenvalue weighted by atomic mass is 10.1. The first-order chi connectivity index (χ1) is 10.0. The van der Waals surface area contributed by atoms with E-state index in [1.165, 1.54) is 30.6 Å². The van der Waals surface area contributed by atoms with Gasteiger partial charge in [0, 0.05) is 16.6 Å². The maximum absolute atomic E-state index is 11.6. The van der Waals surface area contributed by atoms with Crippen molar-refractivity contribution in [1.82, 2.24) is 4.98 Å². The van der Waals surface area contributed by atoms with Crippen molar-refractivity contribution in [2.75, 3.05) is 12.4 Å². The molecule has 0 aliphatic rings. The van der Waals surface area contributed by atoms with Gasteiger partial charge in [0.2, 0.25) is 0 Å². The van der Waals surface area contributed by atoms with E-state index in [1.807, 2.05) is 6.92 Å². The quantitative estimate of drug-likeness (QED) is 0.518. The van der Waals surface area contributed by atoms with Crippen molar-refractivity contribution in [3.8, 4) is 0 Å². The number of rotatable bonds is 5. The summed E-state index contributed by atoms with van der Waals surface area (Å²) in [7, 11) is 1.19. The van der Waals surface area contributed by atoms with Gasteiger partial charge >= 0.3 is 5.97 Å². The van der Waals surface area contributed by atoms with E-state index in [-0.39, 0.29) is 11.3 Å². The van der Waals surface area contributed by atoms with Gasteiger partial charge in [-0.3, -0.25) is 10.1 Å². The number of carbonyl (C=O) groups is 1. The number of benzene rings is 1. The Morgan fingerprint density at radius 3 is 2.86 bits per heavy atom. The number of aryl methyl sites for hydroxylation is 1. The van der Waals surface area contributed by atoms with Crippen LogP contribution in [0.4, 0.5) is 11.4 Å². The van der Waals surface area contributed by atoms with Gasteiger partial charge in [-0.05, 0) is 19.1 Å². The Labute approximate surface area is 124 Å². The molecule has 0 aliphatic heterocycles. The van der Waals surface area contributed by atoms with Crippen molar-refractivity contribution >= 4 is 28.7 Å². The standard InChI is InChI=1S/C13H13N3O4S/c1-8-12(21-7-15-8)6-14-9-3-4-11(16(18)19)10(5-9)13(17)20-2/h3-5,7,14H,6H2,1-2H3. The first kappa shape index (κ1) is 14.9. The molecule has 1 aromatic heterocycles. The Bertz CT molecular complexity index is 684. The van der Waals surface area contributed by atoms with Crippen molar-refractivity contribution in [3.63, 3.8) is 0 Å². The minimum atomic E-state index is -0.737. The van der Waals surface area contributed by atoms with Crippen LogP contribution in [0, 0.1) is 17.0 Å². The van der Waals surface area contributed by atoms with Crippen LogP contribution in [0.1, 0.15) is 20.9 Å². The summed E-state index contributed by atoms with van der Waals surface area (Å²) in [5.74, 6) is -0.737. The number of esters is 1. The summed E-state index contributed by atoms with van der Waals surface area (Å²) in [6.45, 7) is 2.44. The van der Waals surface area contributed by atoms with E-state index < -0.39 is 10.9 Å². The van der Waals surface area contributed by atoms with Crippen LogP contribution in [-0.2, 0) is 11.3 Å². The molecule has 21 heavy (non-hydrogen) atoms. The highest BCUT2D eigenvalue weighted by molar-refractivity contribution is 7.09. The topological polar surface area (TPSA) is 94.4 Å². The number of methoxy groups -OCH3 is 1. The van der Waals surface area contributed by atoms with E-state index in [0.29, 0.717) is 12.2 Å². The van der Waals surface area contributed by atoms with Crippen LogP contribution >= 0.6 is 11.3 Å². The molecule has 110 valence electrons. The SMILES string of the molecule is COC(=O)c1cc(NCc2scnc2C)ccc1[N+](=O)[O-]. The van der Waals surface area contributed by atoms with Crippen molar-refractivity contribution in [2.24, 2.45) is 0 Å². The van der Waals surface area contributed by atoms with Gasteiger partial charge in [0.25, 0.3) is 5.69 Å². The minimum Gasteiger partial charge on any atom is -0.465 e. The fourth-order valence-electron chi connectivity index (χ4n) is 1.76. The molecule has 1 aromatic carbocycles. The molecular weight excluding hydrogens is 294 g/mol. The Balaban J connectivity index is 2.23. The number of hydrogen-bond acceptors (Lipinski definition) is 7. The third kappa shape index (κ3) is 3.34. The number of anilines is 1. The third-order valence-electron chi connectivity index (χ3n) is 2.90. The number of nitro groups is 1. The van der Waals surface area contributed by atoms with Gasteiger partial charge in [0.1, 0.15) is 5.56 Å². The fraction of sp³-hybridized carbons (Fsp3) is 0.231. The van der Waals surface area contributed by atoms with Crippen LogP contribution in [0.15, 0.2) is 23.7 Å². The zero-order chi connectivity index (χ0) is 15.4. The molecule has 0 atom stereocenters. The average molecular weight is 307 g/mol. The van der Waals surface area contributed by atoms with Crippen molar-refractivity contribution < 1.29 is 14.5 Å². The number of carbonyl (C=O) groups excluding carboxylic acids is 1. The highest BCUT2D eigenvalue weighted by Crippen LogP contribution is 2.24. The van der Waals surface area contributed by atoms with Crippen molar-refractivity contribution in [1.29, 1.82) is 0 Å². The molecule has 0 unspecified atom stereocenters. The zero-order valence-electron chi connectivity index (χ0n) is 11.5. The van der Waals surface area contributed by atoms with Gasteiger partial charge in [-0.15, -0.1) is 11.3 Å². The molecule has 0 saturated heterocycles. The summed E-state index contributed by atoms with van der Waals surface area (Å²) < 4.78 is 4.57. The van der Waals surface area contributed by atoms with Crippen molar-refractivity contribution in [3.05, 3.63) is 50.0 Å². The van der Waals surface area contributed by atoms with Crippen LogP contribution in [0.25, 0.3) is 0 Å². The first-order valence-electron chi connectivity index (χ1n) is 6.02. The Kier molecular flexibility index (Phi) is 4.49. The second-order valence-corrected chi connectivity index (χ2v) is 5.13. The summed E-state index contributed by atoms with van der Waals surface area (Å²) in [5, 5.41) is 14.0. The number of nitrogens with one attached hydrogen (secondary N) is 1. The van der Waals surface area contributed by atoms with Gasteiger partial charge in [0.05, 0.1) is 29.8 Å². The monoisotopic (exact) mass is 307 g/mol. The number of aromatic nitrogens is 1. The number of ether oxygens (including phenoxy) is 1. The van der Waals surface area contributed by atoms with Gasteiger partial charge in [0.15, 0.2) is 0 Å². The minimum absolute atomic E-state index is 0.0754. The molecule has 2 aromatic rings. The summed E-state index contributed by atoms with van der Waals surface area (Å²) in [6.07, 6.45) is 0. The maximum atomic E-state index is 11.6. The molecule has 0 radical (unpaired) electrons. The lowest BCUT2D eigenvalue weighted by molar-refractivity contribution is -0.385. The second kappa shape index (κ2) is 6.31. The highest BCUT2D eigenvalue weighted by Gasteiger charge is 2.21. The molecule has 0 spiro atoms. The van der Waals surface area contributed by atoms with E-state index in [9.17, 15) is 14.9 Å². The predicted octanol–water partition coefficient (Wildman–Crippen LogP) is 2.76. The number of hydrogen-bond donors (Lipinski definition) is 1. The van der Waals surface area contributed by atoms with Gasteiger partial charge < -0.3 is 10.1 Å². The molecule has 1 N–H and O–H groups in total. The van der Waals surface area contributed by atoms with E-state index >= 15 is 0 Å². The normalized spacial score (nSPS) is 10.2. The third-order valence-corrected chi connectivity index (χ3v) is 3.83. The van der Waals surface area contributed by atoms with E-state index in [2.05, 4.69) is 15.0 Å². The smallest absolute Gasteiger partial charge is 0.344 e. The Hall–Kier alpha value is -2.48. The van der Waals surface area contributed by atoms with E-state index in [1.54, 1.807) is 11.6 Å². The molecule has 8 heteroatoms. The first-order valence-corrected chi connectivity index (χ1v) is 6.90. The Morgan fingerprint density at radius 2 is 2.29 bits per heavy atom. The molecular formula is C13H13N3O4S. The molecule has 0 saturated carbocycles. The van der Waals surface area contributed by atoms with Crippen LogP contribution in [0.2, 0.25) is 0 Å². The molecule has 0 amide bonds. The Morgan fingerprint density at radius 1 is 1.52 bits per heavy atom. The summed E-state index contributed by atoms with van der Waals surface area (Å²) >= 11 is 1.52. The summed E-state index contributed by atoms with van der Waals surface area (Å²) in [4.78, 5) is 27.1. The van der Waals surface area contributed by atoms with Gasteiger partial charge in [-0.2, -0.15) is 0 Å². The lowest BCUT2D eigenvalue weighted by Crippen LogP contribution is -2.07. The predicted molar refractivity (Wildman–Crippen MR) is 78.6 cm³/mol. The van der Waals surface area contributed by atoms with E-state index in [0.717, 1.165) is 10.6 Å². The average Bonchev–Trinajstić information content (AvgIpc) is 2.89. The molecule has 1 heterocycles. The van der Waals surface area contributed by atoms with Gasteiger partial charge in [-0.1, -0.05) is 0 Å². The largest absolute Gasteiger partial charge is 0.465 e. The van der Waals surface area contributed by atoms with Crippen LogP contribution < -0.4 is 5.32 Å². The summed E-state index contributed by atoms with van der Waals surface area (Å²) in [5.41, 5.74) is 2.94.